The molecule has 0 aromatic heterocycles. The van der Waals surface area contributed by atoms with Crippen LogP contribution in [0, 0.1) is 5.92 Å². The maximum absolute atomic E-state index is 11.9. The zero-order valence-corrected chi connectivity index (χ0v) is 14.1. The number of rotatable bonds is 3. The summed E-state index contributed by atoms with van der Waals surface area (Å²) >= 11 is 0. The monoisotopic (exact) mass is 305 g/mol. The van der Waals surface area contributed by atoms with Crippen LogP contribution >= 0.6 is 0 Å². The normalized spacial score (nSPS) is 32.3. The second-order valence-corrected chi connectivity index (χ2v) is 6.84. The molecule has 0 bridgehead atoms. The molecular formula is C17H27N3O2. The van der Waals surface area contributed by atoms with E-state index in [1.165, 1.54) is 18.4 Å². The molecule has 0 aromatic rings. The molecule has 3 aliphatic heterocycles. The lowest BCUT2D eigenvalue weighted by molar-refractivity contribution is -0.146. The van der Waals surface area contributed by atoms with Crippen LogP contribution in [0.1, 0.15) is 40.0 Å². The number of hydrogen-bond donors (Lipinski definition) is 0. The van der Waals surface area contributed by atoms with E-state index in [0.29, 0.717) is 12.0 Å². The molecule has 5 nitrogen and oxygen atoms in total. The zero-order valence-electron chi connectivity index (χ0n) is 14.1. The van der Waals surface area contributed by atoms with E-state index in [-0.39, 0.29) is 12.0 Å². The quantitative estimate of drug-likeness (QED) is 0.749. The summed E-state index contributed by atoms with van der Waals surface area (Å²) in [5, 5.41) is 0. The van der Waals surface area contributed by atoms with Crippen molar-refractivity contribution in [3.8, 4) is 0 Å². The summed E-state index contributed by atoms with van der Waals surface area (Å²) in [6, 6.07) is 0.269. The molecule has 0 spiro atoms. The number of esters is 1. The molecule has 3 atom stereocenters. The topological polar surface area (TPSA) is 45.1 Å². The number of hydrogen-bond acceptors (Lipinski definition) is 5. The Bertz CT molecular complexity index is 526. The number of fused-ring (bicyclic) bond motifs is 1. The highest BCUT2D eigenvalue weighted by molar-refractivity contribution is 5.83. The Balaban J connectivity index is 1.69. The van der Waals surface area contributed by atoms with Crippen molar-refractivity contribution in [3.05, 3.63) is 11.3 Å². The maximum atomic E-state index is 11.9. The van der Waals surface area contributed by atoms with Crippen LogP contribution in [0.2, 0.25) is 0 Å². The molecule has 3 heterocycles. The van der Waals surface area contributed by atoms with Crippen molar-refractivity contribution in [2.75, 3.05) is 26.7 Å². The highest BCUT2D eigenvalue weighted by Gasteiger charge is 2.37. The van der Waals surface area contributed by atoms with Crippen molar-refractivity contribution < 1.29 is 9.53 Å². The first-order valence-electron chi connectivity index (χ1n) is 8.34. The number of carbonyl (C=O) groups is 1. The first-order chi connectivity index (χ1) is 10.5. The summed E-state index contributed by atoms with van der Waals surface area (Å²) in [7, 11) is 1.49. The van der Waals surface area contributed by atoms with Crippen LogP contribution in [-0.4, -0.2) is 60.4 Å². The van der Waals surface area contributed by atoms with Crippen molar-refractivity contribution in [1.82, 2.24) is 9.80 Å². The van der Waals surface area contributed by atoms with Gasteiger partial charge in [0.05, 0.1) is 13.2 Å². The molecule has 3 aliphatic rings. The van der Waals surface area contributed by atoms with Gasteiger partial charge in [-0.2, -0.15) is 0 Å². The van der Waals surface area contributed by atoms with Crippen LogP contribution in [-0.2, 0) is 9.53 Å². The number of methoxy groups -OCH3 is 1. The molecule has 122 valence electrons. The van der Waals surface area contributed by atoms with E-state index in [4.69, 9.17) is 9.73 Å². The van der Waals surface area contributed by atoms with Crippen molar-refractivity contribution in [1.29, 1.82) is 0 Å². The van der Waals surface area contributed by atoms with E-state index in [0.717, 1.165) is 44.7 Å². The highest BCUT2D eigenvalue weighted by atomic mass is 16.5. The van der Waals surface area contributed by atoms with Gasteiger partial charge in [0.15, 0.2) is 0 Å². The van der Waals surface area contributed by atoms with E-state index in [1.807, 2.05) is 0 Å². The van der Waals surface area contributed by atoms with Crippen molar-refractivity contribution in [2.24, 2.45) is 10.9 Å². The van der Waals surface area contributed by atoms with Gasteiger partial charge in [-0.3, -0.25) is 14.7 Å². The molecule has 0 aromatic carbocycles. The summed E-state index contributed by atoms with van der Waals surface area (Å²) < 4.78 is 4.95. The minimum atomic E-state index is -0.0741. The summed E-state index contributed by atoms with van der Waals surface area (Å²) in [4.78, 5) is 21.3. The summed E-state index contributed by atoms with van der Waals surface area (Å²) in [5.41, 5.74) is 2.86. The third kappa shape index (κ3) is 2.67. The van der Waals surface area contributed by atoms with Gasteiger partial charge in [0, 0.05) is 18.8 Å². The van der Waals surface area contributed by atoms with Gasteiger partial charge in [-0.1, -0.05) is 0 Å². The minimum absolute atomic E-state index is 0.0357. The maximum Gasteiger partial charge on any atom is 0.323 e. The number of carbonyl (C=O) groups excluding carboxylic acids is 1. The average Bonchev–Trinajstić information content (AvgIpc) is 3.12. The number of nitrogens with zero attached hydrogens (tertiary/aromatic N) is 3. The molecule has 0 amide bonds. The SMILES string of the molecule is COC(=O)C1CCCN1C[C@H]1CC2=C(C)[C@H](C)N=C(C)N2C1. The Morgan fingerprint density at radius 1 is 1.41 bits per heavy atom. The molecule has 0 saturated carbocycles. The van der Waals surface area contributed by atoms with Gasteiger partial charge in [-0.05, 0) is 58.1 Å². The molecule has 1 unspecified atom stereocenters. The first-order valence-corrected chi connectivity index (χ1v) is 8.34. The second-order valence-electron chi connectivity index (χ2n) is 6.84. The molecule has 0 radical (unpaired) electrons. The Kier molecular flexibility index (Phi) is 4.26. The fourth-order valence-electron chi connectivity index (χ4n) is 4.11. The first kappa shape index (κ1) is 15.5. The predicted molar refractivity (Wildman–Crippen MR) is 86.7 cm³/mol. The van der Waals surface area contributed by atoms with Gasteiger partial charge < -0.3 is 9.64 Å². The highest BCUT2D eigenvalue weighted by Crippen LogP contribution is 2.35. The molecule has 3 rings (SSSR count). The fourth-order valence-corrected chi connectivity index (χ4v) is 4.11. The second kappa shape index (κ2) is 6.03. The number of allylic oxidation sites excluding steroid dienone is 1. The fraction of sp³-hybridized carbons (Fsp3) is 0.765. The van der Waals surface area contributed by atoms with Crippen LogP contribution < -0.4 is 0 Å². The molecule has 0 N–H and O–H groups in total. The Morgan fingerprint density at radius 2 is 2.18 bits per heavy atom. The van der Waals surface area contributed by atoms with E-state index >= 15 is 0 Å². The van der Waals surface area contributed by atoms with Gasteiger partial charge in [-0.25, -0.2) is 0 Å². The van der Waals surface area contributed by atoms with Gasteiger partial charge in [0.2, 0.25) is 0 Å². The van der Waals surface area contributed by atoms with Crippen LogP contribution in [0.5, 0.6) is 0 Å². The largest absolute Gasteiger partial charge is 0.468 e. The molecule has 22 heavy (non-hydrogen) atoms. The molecule has 5 heteroatoms. The van der Waals surface area contributed by atoms with Gasteiger partial charge in [0.1, 0.15) is 11.9 Å². The van der Waals surface area contributed by atoms with Crippen molar-refractivity contribution in [3.63, 3.8) is 0 Å². The van der Waals surface area contributed by atoms with Crippen LogP contribution in [0.25, 0.3) is 0 Å². The third-order valence-corrected chi connectivity index (χ3v) is 5.43. The van der Waals surface area contributed by atoms with E-state index in [1.54, 1.807) is 0 Å². The number of aliphatic imine (C=N–C) groups is 1. The Labute approximate surface area is 133 Å². The molecule has 2 saturated heterocycles. The number of likely N-dealkylation sites (tertiary alicyclic amines) is 1. The van der Waals surface area contributed by atoms with E-state index in [2.05, 4.69) is 30.6 Å². The average molecular weight is 305 g/mol. The lowest BCUT2D eigenvalue weighted by atomic mass is 10.0. The van der Waals surface area contributed by atoms with E-state index in [9.17, 15) is 4.79 Å². The minimum Gasteiger partial charge on any atom is -0.468 e. The van der Waals surface area contributed by atoms with Crippen LogP contribution in [0.4, 0.5) is 0 Å². The van der Waals surface area contributed by atoms with Gasteiger partial charge in [-0.15, -0.1) is 0 Å². The van der Waals surface area contributed by atoms with Gasteiger partial charge >= 0.3 is 5.97 Å². The molecule has 2 fully saturated rings. The lowest BCUT2D eigenvalue weighted by Crippen LogP contribution is -2.40. The van der Waals surface area contributed by atoms with Crippen molar-refractivity contribution >= 4 is 11.8 Å². The summed E-state index contributed by atoms with van der Waals surface area (Å²) in [6.07, 6.45) is 3.13. The predicted octanol–water partition coefficient (Wildman–Crippen LogP) is 2.04. The van der Waals surface area contributed by atoms with Crippen LogP contribution in [0.15, 0.2) is 16.3 Å². The van der Waals surface area contributed by atoms with Crippen LogP contribution in [0.3, 0.4) is 0 Å². The smallest absolute Gasteiger partial charge is 0.323 e. The summed E-state index contributed by atoms with van der Waals surface area (Å²) in [6.45, 7) is 9.51. The standard InChI is InChI=1S/C17H27N3O2/c1-11-12(2)18-13(3)20-10-14(8-16(11)20)9-19-7-5-6-15(19)17(21)22-4/h12,14-15H,5-10H2,1-4H3/t12-,14+,15?/m0/s1. The molecular weight excluding hydrogens is 278 g/mol. The molecule has 0 aliphatic carbocycles. The number of amidine groups is 1. The van der Waals surface area contributed by atoms with Crippen molar-refractivity contribution in [2.45, 2.75) is 52.1 Å². The van der Waals surface area contributed by atoms with E-state index < -0.39 is 0 Å². The third-order valence-electron chi connectivity index (χ3n) is 5.43. The Hall–Kier alpha value is -1.36. The Morgan fingerprint density at radius 3 is 2.91 bits per heavy atom. The summed E-state index contributed by atoms with van der Waals surface area (Å²) in [5.74, 6) is 1.64. The zero-order chi connectivity index (χ0) is 15.9. The van der Waals surface area contributed by atoms with Gasteiger partial charge in [0.25, 0.3) is 0 Å². The number of ether oxygens (including phenoxy) is 1. The lowest BCUT2D eigenvalue weighted by Gasteiger charge is -2.29.